The number of rotatable bonds is 5. The molecule has 0 saturated heterocycles. The molecule has 1 saturated carbocycles. The van der Waals surface area contributed by atoms with Crippen LogP contribution in [0.1, 0.15) is 37.3 Å². The highest BCUT2D eigenvalue weighted by Gasteiger charge is 2.29. The summed E-state index contributed by atoms with van der Waals surface area (Å²) in [5.74, 6) is 0.722. The van der Waals surface area contributed by atoms with Crippen molar-refractivity contribution in [1.82, 2.24) is 10.2 Å². The van der Waals surface area contributed by atoms with Gasteiger partial charge in [-0.05, 0) is 56.1 Å². The van der Waals surface area contributed by atoms with Crippen molar-refractivity contribution in [3.8, 4) is 0 Å². The fraction of sp³-hybridized carbons (Fsp3) is 0.632. The first-order valence-electron chi connectivity index (χ1n) is 8.97. The summed E-state index contributed by atoms with van der Waals surface area (Å²) in [7, 11) is 0. The van der Waals surface area contributed by atoms with Gasteiger partial charge in [-0.1, -0.05) is 24.3 Å². The molecule has 1 aromatic rings. The van der Waals surface area contributed by atoms with Gasteiger partial charge in [-0.15, -0.1) is 0 Å². The molecule has 2 aliphatic rings. The number of carbonyl (C=O) groups excluding carboxylic acids is 1. The molecule has 1 aliphatic heterocycles. The molecule has 0 radical (unpaired) electrons. The Morgan fingerprint density at radius 2 is 1.87 bits per heavy atom. The summed E-state index contributed by atoms with van der Waals surface area (Å²) < 4.78 is 5.58. The van der Waals surface area contributed by atoms with Crippen molar-refractivity contribution in [2.45, 2.75) is 45.1 Å². The minimum Gasteiger partial charge on any atom is -0.378 e. The van der Waals surface area contributed by atoms with Crippen molar-refractivity contribution < 1.29 is 9.53 Å². The summed E-state index contributed by atoms with van der Waals surface area (Å²) in [6, 6.07) is 8.63. The second kappa shape index (κ2) is 7.82. The molecule has 1 fully saturated rings. The first-order valence-corrected chi connectivity index (χ1v) is 8.97. The third-order valence-electron chi connectivity index (χ3n) is 5.13. The van der Waals surface area contributed by atoms with Gasteiger partial charge < -0.3 is 15.0 Å². The van der Waals surface area contributed by atoms with Crippen LogP contribution in [0.2, 0.25) is 0 Å². The maximum Gasteiger partial charge on any atom is 0.317 e. The lowest BCUT2D eigenvalue weighted by Crippen LogP contribution is -2.42. The van der Waals surface area contributed by atoms with E-state index in [4.69, 9.17) is 4.74 Å². The molecule has 4 heteroatoms. The van der Waals surface area contributed by atoms with Gasteiger partial charge in [0, 0.05) is 26.2 Å². The van der Waals surface area contributed by atoms with Crippen LogP contribution in [0.4, 0.5) is 4.79 Å². The molecular weight excluding hydrogens is 288 g/mol. The van der Waals surface area contributed by atoms with Crippen LogP contribution >= 0.6 is 0 Å². The second-order valence-electron chi connectivity index (χ2n) is 6.69. The monoisotopic (exact) mass is 316 g/mol. The molecular formula is C19H28N2O2. The molecule has 0 aromatic heterocycles. The van der Waals surface area contributed by atoms with E-state index in [1.807, 2.05) is 11.8 Å². The van der Waals surface area contributed by atoms with Crippen LogP contribution in [-0.4, -0.2) is 43.3 Å². The van der Waals surface area contributed by atoms with E-state index in [1.165, 1.54) is 11.1 Å². The van der Waals surface area contributed by atoms with Gasteiger partial charge in [0.2, 0.25) is 0 Å². The summed E-state index contributed by atoms with van der Waals surface area (Å²) in [5.41, 5.74) is 2.78. The average Bonchev–Trinajstić information content (AvgIpc) is 2.75. The standard InChI is InChI=1S/C19H28N2O2/c1-2-23-18-13-15(14-18)7-10-20-19(22)21-11-8-16-5-3-4-6-17(16)9-12-21/h3-6,15,18H,2,7-14H2,1H3,(H,20,22). The van der Waals surface area contributed by atoms with Crippen LogP contribution in [-0.2, 0) is 17.6 Å². The van der Waals surface area contributed by atoms with Crippen LogP contribution in [0.15, 0.2) is 24.3 Å². The van der Waals surface area contributed by atoms with E-state index < -0.39 is 0 Å². The van der Waals surface area contributed by atoms with E-state index in [0.717, 1.165) is 64.3 Å². The molecule has 1 heterocycles. The third-order valence-corrected chi connectivity index (χ3v) is 5.13. The second-order valence-corrected chi connectivity index (χ2v) is 6.69. The predicted molar refractivity (Wildman–Crippen MR) is 91.6 cm³/mol. The number of hydrogen-bond donors (Lipinski definition) is 1. The van der Waals surface area contributed by atoms with E-state index in [9.17, 15) is 4.79 Å². The van der Waals surface area contributed by atoms with Gasteiger partial charge in [0.25, 0.3) is 0 Å². The molecule has 3 rings (SSSR count). The van der Waals surface area contributed by atoms with Crippen LogP contribution in [0.3, 0.4) is 0 Å². The van der Waals surface area contributed by atoms with Crippen LogP contribution in [0, 0.1) is 5.92 Å². The third kappa shape index (κ3) is 4.25. The largest absolute Gasteiger partial charge is 0.378 e. The van der Waals surface area contributed by atoms with E-state index >= 15 is 0 Å². The molecule has 23 heavy (non-hydrogen) atoms. The molecule has 126 valence electrons. The molecule has 1 aromatic carbocycles. The Labute approximate surface area is 139 Å². The highest BCUT2D eigenvalue weighted by Crippen LogP contribution is 2.32. The molecule has 0 spiro atoms. The molecule has 1 N–H and O–H groups in total. The molecule has 4 nitrogen and oxygen atoms in total. The number of benzene rings is 1. The maximum atomic E-state index is 12.3. The Hall–Kier alpha value is -1.55. The first kappa shape index (κ1) is 16.3. The number of urea groups is 1. The fourth-order valence-corrected chi connectivity index (χ4v) is 3.65. The van der Waals surface area contributed by atoms with Crippen molar-refractivity contribution in [3.05, 3.63) is 35.4 Å². The zero-order valence-electron chi connectivity index (χ0n) is 14.1. The molecule has 0 unspecified atom stereocenters. The van der Waals surface area contributed by atoms with Gasteiger partial charge in [-0.2, -0.15) is 0 Å². The van der Waals surface area contributed by atoms with Gasteiger partial charge in [0.1, 0.15) is 0 Å². The van der Waals surface area contributed by atoms with Crippen molar-refractivity contribution in [1.29, 1.82) is 0 Å². The summed E-state index contributed by atoms with van der Waals surface area (Å²) >= 11 is 0. The SMILES string of the molecule is CCOC1CC(CCNC(=O)N2CCc3ccccc3CC2)C1. The Bertz CT molecular complexity index is 499. The van der Waals surface area contributed by atoms with E-state index in [1.54, 1.807) is 0 Å². The van der Waals surface area contributed by atoms with Crippen LogP contribution in [0.5, 0.6) is 0 Å². The number of amides is 2. The van der Waals surface area contributed by atoms with Crippen LogP contribution in [0.25, 0.3) is 0 Å². The Morgan fingerprint density at radius 3 is 2.48 bits per heavy atom. The lowest BCUT2D eigenvalue weighted by molar-refractivity contribution is -0.0261. The van der Waals surface area contributed by atoms with Gasteiger partial charge >= 0.3 is 6.03 Å². The van der Waals surface area contributed by atoms with Gasteiger partial charge in [-0.25, -0.2) is 4.79 Å². The van der Waals surface area contributed by atoms with Gasteiger partial charge in [0.15, 0.2) is 0 Å². The van der Waals surface area contributed by atoms with Crippen LogP contribution < -0.4 is 5.32 Å². The summed E-state index contributed by atoms with van der Waals surface area (Å²) in [6.07, 6.45) is 5.77. The maximum absolute atomic E-state index is 12.3. The highest BCUT2D eigenvalue weighted by atomic mass is 16.5. The zero-order chi connectivity index (χ0) is 16.1. The average molecular weight is 316 g/mol. The number of fused-ring (bicyclic) bond motifs is 1. The normalized spacial score (nSPS) is 23.6. The summed E-state index contributed by atoms with van der Waals surface area (Å²) in [5, 5.41) is 3.10. The topological polar surface area (TPSA) is 41.6 Å². The Balaban J connectivity index is 1.37. The Kier molecular flexibility index (Phi) is 5.55. The van der Waals surface area contributed by atoms with E-state index in [0.29, 0.717) is 6.10 Å². The van der Waals surface area contributed by atoms with Gasteiger partial charge in [-0.3, -0.25) is 0 Å². The lowest BCUT2D eigenvalue weighted by atomic mass is 9.80. The van der Waals surface area contributed by atoms with E-state index in [-0.39, 0.29) is 6.03 Å². The quantitative estimate of drug-likeness (QED) is 0.907. The van der Waals surface area contributed by atoms with Crippen molar-refractivity contribution >= 4 is 6.03 Å². The number of nitrogens with one attached hydrogen (secondary N) is 1. The van der Waals surface area contributed by atoms with E-state index in [2.05, 4.69) is 29.6 Å². The number of nitrogens with zero attached hydrogens (tertiary/aromatic N) is 1. The minimum absolute atomic E-state index is 0.0958. The van der Waals surface area contributed by atoms with Crippen molar-refractivity contribution in [2.75, 3.05) is 26.2 Å². The highest BCUT2D eigenvalue weighted by molar-refractivity contribution is 5.74. The molecule has 0 bridgehead atoms. The molecule has 0 atom stereocenters. The number of hydrogen-bond acceptors (Lipinski definition) is 2. The molecule has 1 aliphatic carbocycles. The van der Waals surface area contributed by atoms with Gasteiger partial charge in [0.05, 0.1) is 6.10 Å². The summed E-state index contributed by atoms with van der Waals surface area (Å²) in [4.78, 5) is 14.3. The van der Waals surface area contributed by atoms with Crippen molar-refractivity contribution in [2.24, 2.45) is 5.92 Å². The van der Waals surface area contributed by atoms with Crippen molar-refractivity contribution in [3.63, 3.8) is 0 Å². The first-order chi connectivity index (χ1) is 11.3. The smallest absolute Gasteiger partial charge is 0.317 e. The Morgan fingerprint density at radius 1 is 1.22 bits per heavy atom. The minimum atomic E-state index is 0.0958. The summed E-state index contributed by atoms with van der Waals surface area (Å²) in [6.45, 7) is 5.28. The number of carbonyl (C=O) groups is 1. The fourth-order valence-electron chi connectivity index (χ4n) is 3.65. The number of ether oxygens (including phenoxy) is 1. The predicted octanol–water partition coefficient (Wildman–Crippen LogP) is 3.00. The lowest BCUT2D eigenvalue weighted by Gasteiger charge is -2.35. The zero-order valence-corrected chi connectivity index (χ0v) is 14.1. The molecule has 2 amide bonds.